The Morgan fingerprint density at radius 2 is 1.72 bits per heavy atom. The molecule has 5 aromatic rings. The third-order valence-corrected chi connectivity index (χ3v) is 6.91. The Balaban J connectivity index is 1.40. The zero-order chi connectivity index (χ0) is 25.1. The standard InChI is InChI=1S/C29H24Cl2N2O3/c30-21-11-9-19(25(31)14-21)17-36-28-12-10-18-5-1-2-6-22(18)24(28)16-33-27(29(34)35)13-20-15-32-26-8-4-3-7-23(20)26/h1-12,14-15,27,32-33H,13,16-17H2,(H,34,35)/t27-/m1/s1. The molecule has 7 heteroatoms. The fourth-order valence-corrected chi connectivity index (χ4v) is 4.88. The van der Waals surface area contributed by atoms with Crippen molar-refractivity contribution in [3.63, 3.8) is 0 Å². The largest absolute Gasteiger partial charge is 0.488 e. The molecule has 0 saturated carbocycles. The van der Waals surface area contributed by atoms with E-state index in [0.717, 1.165) is 38.4 Å². The van der Waals surface area contributed by atoms with Crippen LogP contribution in [0.5, 0.6) is 5.75 Å². The van der Waals surface area contributed by atoms with Crippen LogP contribution < -0.4 is 10.1 Å². The van der Waals surface area contributed by atoms with Crippen molar-refractivity contribution in [3.8, 4) is 5.75 Å². The zero-order valence-electron chi connectivity index (χ0n) is 19.3. The predicted molar refractivity (Wildman–Crippen MR) is 145 cm³/mol. The van der Waals surface area contributed by atoms with E-state index < -0.39 is 12.0 Å². The van der Waals surface area contributed by atoms with Crippen LogP contribution in [-0.4, -0.2) is 22.1 Å². The maximum atomic E-state index is 12.2. The molecule has 0 saturated heterocycles. The first-order chi connectivity index (χ1) is 17.5. The van der Waals surface area contributed by atoms with Gasteiger partial charge in [-0.2, -0.15) is 0 Å². The number of carboxylic acids is 1. The third kappa shape index (κ3) is 5.19. The highest BCUT2D eigenvalue weighted by atomic mass is 35.5. The SMILES string of the molecule is O=C(O)[C@@H](Cc1c[nH]c2ccccc12)NCc1c(OCc2ccc(Cl)cc2Cl)ccc2ccccc12. The summed E-state index contributed by atoms with van der Waals surface area (Å²) in [5, 5.41) is 17.4. The van der Waals surface area contributed by atoms with Gasteiger partial charge in [0.1, 0.15) is 18.4 Å². The number of hydrogen-bond acceptors (Lipinski definition) is 3. The fourth-order valence-electron chi connectivity index (χ4n) is 4.42. The summed E-state index contributed by atoms with van der Waals surface area (Å²) in [6, 6.07) is 24.3. The molecular weight excluding hydrogens is 495 g/mol. The molecule has 0 fully saturated rings. The monoisotopic (exact) mass is 518 g/mol. The van der Waals surface area contributed by atoms with Gasteiger partial charge in [0.15, 0.2) is 0 Å². The Bertz CT molecular complexity index is 1550. The van der Waals surface area contributed by atoms with Crippen LogP contribution in [-0.2, 0) is 24.4 Å². The summed E-state index contributed by atoms with van der Waals surface area (Å²) in [5.41, 5.74) is 3.65. The first kappa shape index (κ1) is 24.2. The molecule has 0 amide bonds. The molecule has 0 aliphatic rings. The number of hydrogen-bond donors (Lipinski definition) is 3. The van der Waals surface area contributed by atoms with Gasteiger partial charge in [0.2, 0.25) is 0 Å². The summed E-state index contributed by atoms with van der Waals surface area (Å²) in [6.45, 7) is 0.587. The van der Waals surface area contributed by atoms with Crippen molar-refractivity contribution in [1.82, 2.24) is 10.3 Å². The van der Waals surface area contributed by atoms with Crippen LogP contribution in [0.3, 0.4) is 0 Å². The van der Waals surface area contributed by atoms with E-state index in [1.165, 1.54) is 0 Å². The minimum absolute atomic E-state index is 0.263. The summed E-state index contributed by atoms with van der Waals surface area (Å²) in [6.07, 6.45) is 2.23. The number of aromatic nitrogens is 1. The van der Waals surface area contributed by atoms with E-state index in [9.17, 15) is 9.90 Å². The van der Waals surface area contributed by atoms with Gasteiger partial charge in [-0.05, 0) is 40.6 Å². The number of ether oxygens (including phenoxy) is 1. The summed E-state index contributed by atoms with van der Waals surface area (Å²) in [7, 11) is 0. The molecule has 0 spiro atoms. The van der Waals surface area contributed by atoms with Gasteiger partial charge in [0, 0.05) is 51.2 Å². The molecule has 4 aromatic carbocycles. The summed E-state index contributed by atoms with van der Waals surface area (Å²) in [4.78, 5) is 15.4. The van der Waals surface area contributed by atoms with Gasteiger partial charge in [-0.1, -0.05) is 77.8 Å². The van der Waals surface area contributed by atoms with E-state index in [1.807, 2.05) is 72.9 Å². The van der Waals surface area contributed by atoms with E-state index in [-0.39, 0.29) is 6.61 Å². The molecule has 0 bridgehead atoms. The quantitative estimate of drug-likeness (QED) is 0.196. The van der Waals surface area contributed by atoms with Crippen LogP contribution in [0.15, 0.2) is 85.1 Å². The molecule has 3 N–H and O–H groups in total. The van der Waals surface area contributed by atoms with Gasteiger partial charge < -0.3 is 14.8 Å². The average Bonchev–Trinajstić information content (AvgIpc) is 3.29. The Morgan fingerprint density at radius 3 is 2.53 bits per heavy atom. The second kappa shape index (κ2) is 10.6. The van der Waals surface area contributed by atoms with E-state index in [1.54, 1.807) is 12.1 Å². The molecule has 1 aromatic heterocycles. The van der Waals surface area contributed by atoms with Crippen molar-refractivity contribution in [2.45, 2.75) is 25.6 Å². The normalized spacial score (nSPS) is 12.2. The first-order valence-electron chi connectivity index (χ1n) is 11.6. The lowest BCUT2D eigenvalue weighted by molar-refractivity contribution is -0.139. The Morgan fingerprint density at radius 1 is 0.944 bits per heavy atom. The number of H-pyrrole nitrogens is 1. The summed E-state index contributed by atoms with van der Waals surface area (Å²) >= 11 is 12.4. The smallest absolute Gasteiger partial charge is 0.321 e. The molecule has 0 radical (unpaired) electrons. The minimum atomic E-state index is -0.907. The minimum Gasteiger partial charge on any atom is -0.488 e. The number of fused-ring (bicyclic) bond motifs is 2. The number of benzene rings is 4. The Labute approximate surface area is 218 Å². The first-order valence-corrected chi connectivity index (χ1v) is 12.3. The second-order valence-corrected chi connectivity index (χ2v) is 9.47. The number of carboxylic acid groups (broad SMARTS) is 1. The topological polar surface area (TPSA) is 74.3 Å². The van der Waals surface area contributed by atoms with Gasteiger partial charge in [-0.25, -0.2) is 0 Å². The number of para-hydroxylation sites is 1. The molecule has 0 unspecified atom stereocenters. The maximum Gasteiger partial charge on any atom is 0.321 e. The fraction of sp³-hybridized carbons (Fsp3) is 0.138. The lowest BCUT2D eigenvalue weighted by atomic mass is 10.0. The van der Waals surface area contributed by atoms with E-state index in [0.29, 0.717) is 28.8 Å². The third-order valence-electron chi connectivity index (χ3n) is 6.32. The molecule has 5 rings (SSSR count). The second-order valence-electron chi connectivity index (χ2n) is 8.62. The molecule has 5 nitrogen and oxygen atoms in total. The lowest BCUT2D eigenvalue weighted by Crippen LogP contribution is -2.38. The van der Waals surface area contributed by atoms with Crippen molar-refractivity contribution in [3.05, 3.63) is 112 Å². The van der Waals surface area contributed by atoms with Crippen molar-refractivity contribution in [2.24, 2.45) is 0 Å². The number of halogens is 2. The molecule has 0 aliphatic heterocycles. The van der Waals surface area contributed by atoms with Crippen LogP contribution in [0, 0.1) is 0 Å². The zero-order valence-corrected chi connectivity index (χ0v) is 20.8. The van der Waals surface area contributed by atoms with Crippen LogP contribution in [0.4, 0.5) is 0 Å². The van der Waals surface area contributed by atoms with Crippen LogP contribution in [0.1, 0.15) is 16.7 Å². The van der Waals surface area contributed by atoms with Crippen LogP contribution in [0.2, 0.25) is 10.0 Å². The van der Waals surface area contributed by atoms with Crippen molar-refractivity contribution in [2.75, 3.05) is 0 Å². The molecule has 182 valence electrons. The number of carbonyl (C=O) groups is 1. The molecular formula is C29H24Cl2N2O3. The molecule has 0 aliphatic carbocycles. The highest BCUT2D eigenvalue weighted by Gasteiger charge is 2.21. The van der Waals surface area contributed by atoms with Crippen molar-refractivity contribution >= 4 is 50.8 Å². The van der Waals surface area contributed by atoms with Crippen molar-refractivity contribution < 1.29 is 14.6 Å². The summed E-state index contributed by atoms with van der Waals surface area (Å²) < 4.78 is 6.19. The average molecular weight is 519 g/mol. The van der Waals surface area contributed by atoms with Gasteiger partial charge in [0.25, 0.3) is 0 Å². The summed E-state index contributed by atoms with van der Waals surface area (Å²) in [5.74, 6) is -0.237. The van der Waals surface area contributed by atoms with Gasteiger partial charge in [-0.3, -0.25) is 10.1 Å². The van der Waals surface area contributed by atoms with Gasteiger partial charge >= 0.3 is 5.97 Å². The predicted octanol–water partition coefficient (Wildman–Crippen LogP) is 6.99. The molecule has 1 heterocycles. The van der Waals surface area contributed by atoms with Crippen molar-refractivity contribution in [1.29, 1.82) is 0 Å². The van der Waals surface area contributed by atoms with Gasteiger partial charge in [-0.15, -0.1) is 0 Å². The molecule has 1 atom stereocenters. The Hall–Kier alpha value is -3.51. The number of rotatable bonds is 9. The highest BCUT2D eigenvalue weighted by Crippen LogP contribution is 2.30. The van der Waals surface area contributed by atoms with E-state index >= 15 is 0 Å². The molecule has 36 heavy (non-hydrogen) atoms. The Kier molecular flexibility index (Phi) is 7.14. The van der Waals surface area contributed by atoms with Crippen LogP contribution in [0.25, 0.3) is 21.7 Å². The number of aliphatic carboxylic acids is 1. The van der Waals surface area contributed by atoms with Gasteiger partial charge in [0.05, 0.1) is 0 Å². The lowest BCUT2D eigenvalue weighted by Gasteiger charge is -2.19. The number of nitrogens with one attached hydrogen (secondary N) is 2. The van der Waals surface area contributed by atoms with Crippen LogP contribution >= 0.6 is 23.2 Å². The maximum absolute atomic E-state index is 12.2. The van der Waals surface area contributed by atoms with E-state index in [4.69, 9.17) is 27.9 Å². The highest BCUT2D eigenvalue weighted by molar-refractivity contribution is 6.35. The number of aromatic amines is 1. The van der Waals surface area contributed by atoms with E-state index in [2.05, 4.69) is 10.3 Å².